The van der Waals surface area contributed by atoms with Gasteiger partial charge in [0.2, 0.25) is 0 Å². The highest BCUT2D eigenvalue weighted by Gasteiger charge is 2.12. The fourth-order valence-electron chi connectivity index (χ4n) is 1.56. The quantitative estimate of drug-likeness (QED) is 0.647. The van der Waals surface area contributed by atoms with Crippen LogP contribution in [0.3, 0.4) is 0 Å². The van der Waals surface area contributed by atoms with Gasteiger partial charge in [0.1, 0.15) is 5.82 Å². The van der Waals surface area contributed by atoms with Gasteiger partial charge in [-0.3, -0.25) is 15.1 Å². The third-order valence-electron chi connectivity index (χ3n) is 2.53. The van der Waals surface area contributed by atoms with E-state index in [0.717, 1.165) is 6.20 Å². The van der Waals surface area contributed by atoms with Crippen LogP contribution < -0.4 is 5.32 Å². The number of nitrogens with one attached hydrogen (secondary N) is 1. The van der Waals surface area contributed by atoms with Gasteiger partial charge in [0, 0.05) is 17.3 Å². The number of carboxylic acid groups (broad SMARTS) is 1. The summed E-state index contributed by atoms with van der Waals surface area (Å²) < 4.78 is 0. The molecule has 20 heavy (non-hydrogen) atoms. The van der Waals surface area contributed by atoms with Crippen LogP contribution in [0.15, 0.2) is 30.6 Å². The molecule has 0 spiro atoms. The normalized spacial score (nSPS) is 10.1. The number of nitro groups is 1. The molecule has 0 aliphatic rings. The molecule has 102 valence electrons. The van der Waals surface area contributed by atoms with Crippen molar-refractivity contribution in [2.24, 2.45) is 0 Å². The zero-order valence-corrected chi connectivity index (χ0v) is 10.4. The molecule has 0 saturated heterocycles. The topological polar surface area (TPSA) is 118 Å². The van der Waals surface area contributed by atoms with Crippen molar-refractivity contribution < 1.29 is 14.8 Å². The summed E-state index contributed by atoms with van der Waals surface area (Å²) in [6, 6.07) is 4.58. The summed E-state index contributed by atoms with van der Waals surface area (Å²) in [6.45, 7) is 1.63. The molecule has 1 aromatic carbocycles. The van der Waals surface area contributed by atoms with Gasteiger partial charge < -0.3 is 10.4 Å². The van der Waals surface area contributed by atoms with Gasteiger partial charge in [0.05, 0.1) is 17.3 Å². The van der Waals surface area contributed by atoms with Crippen LogP contribution in [0, 0.1) is 17.0 Å². The Morgan fingerprint density at radius 1 is 1.40 bits per heavy atom. The number of carboxylic acids is 1. The number of rotatable bonds is 4. The van der Waals surface area contributed by atoms with E-state index in [0.29, 0.717) is 11.3 Å². The minimum Gasteiger partial charge on any atom is -0.476 e. The summed E-state index contributed by atoms with van der Waals surface area (Å²) in [7, 11) is 0. The van der Waals surface area contributed by atoms with Crippen molar-refractivity contribution in [3.63, 3.8) is 0 Å². The zero-order chi connectivity index (χ0) is 14.7. The first-order chi connectivity index (χ1) is 9.47. The van der Waals surface area contributed by atoms with E-state index < -0.39 is 10.9 Å². The van der Waals surface area contributed by atoms with Crippen molar-refractivity contribution in [2.75, 3.05) is 5.32 Å². The van der Waals surface area contributed by atoms with E-state index >= 15 is 0 Å². The molecule has 0 aliphatic carbocycles. The smallest absolute Gasteiger partial charge is 0.356 e. The lowest BCUT2D eigenvalue weighted by molar-refractivity contribution is -0.385. The van der Waals surface area contributed by atoms with Crippen LogP contribution in [-0.4, -0.2) is 26.0 Å². The van der Waals surface area contributed by atoms with Crippen molar-refractivity contribution >= 4 is 23.2 Å². The Hall–Kier alpha value is -3.03. The lowest BCUT2D eigenvalue weighted by Crippen LogP contribution is -2.04. The first kappa shape index (κ1) is 13.4. The van der Waals surface area contributed by atoms with E-state index in [9.17, 15) is 14.9 Å². The molecular formula is C12H10N4O4. The molecule has 1 aromatic heterocycles. The van der Waals surface area contributed by atoms with E-state index in [2.05, 4.69) is 15.3 Å². The van der Waals surface area contributed by atoms with Crippen LogP contribution in [0.2, 0.25) is 0 Å². The van der Waals surface area contributed by atoms with Crippen LogP contribution >= 0.6 is 0 Å². The first-order valence-corrected chi connectivity index (χ1v) is 5.55. The highest BCUT2D eigenvalue weighted by molar-refractivity contribution is 5.85. The van der Waals surface area contributed by atoms with Crippen molar-refractivity contribution in [1.29, 1.82) is 0 Å². The highest BCUT2D eigenvalue weighted by Crippen LogP contribution is 2.24. The molecule has 0 bridgehead atoms. The molecule has 2 rings (SSSR count). The number of aromatic carboxylic acids is 1. The molecule has 0 atom stereocenters. The standard InChI is InChI=1S/C12H10N4O4/c1-7-2-3-8(4-10(7)16(19)20)14-11-6-13-5-9(15-11)12(17)18/h2-6H,1H3,(H,14,15)(H,17,18). The molecule has 0 aliphatic heterocycles. The number of nitro benzene ring substituents is 1. The third-order valence-corrected chi connectivity index (χ3v) is 2.53. The predicted octanol–water partition coefficient (Wildman–Crippen LogP) is 2.14. The average Bonchev–Trinajstić information content (AvgIpc) is 2.41. The molecule has 0 saturated carbocycles. The maximum absolute atomic E-state index is 10.8. The molecular weight excluding hydrogens is 264 g/mol. The number of hydrogen-bond donors (Lipinski definition) is 2. The molecule has 0 radical (unpaired) electrons. The van der Waals surface area contributed by atoms with Crippen molar-refractivity contribution in [3.05, 3.63) is 52.0 Å². The lowest BCUT2D eigenvalue weighted by atomic mass is 10.2. The maximum atomic E-state index is 10.8. The number of anilines is 2. The highest BCUT2D eigenvalue weighted by atomic mass is 16.6. The number of nitrogens with zero attached hydrogens (tertiary/aromatic N) is 3. The number of benzene rings is 1. The second-order valence-corrected chi connectivity index (χ2v) is 3.98. The molecule has 0 amide bonds. The van der Waals surface area contributed by atoms with Gasteiger partial charge in [-0.1, -0.05) is 6.07 Å². The van der Waals surface area contributed by atoms with E-state index in [-0.39, 0.29) is 17.2 Å². The molecule has 0 fully saturated rings. The third kappa shape index (κ3) is 2.86. The van der Waals surface area contributed by atoms with Crippen molar-refractivity contribution in [1.82, 2.24) is 9.97 Å². The molecule has 1 heterocycles. The molecule has 8 heteroatoms. The van der Waals surface area contributed by atoms with E-state index in [1.807, 2.05) is 0 Å². The molecule has 2 aromatic rings. The molecule has 0 unspecified atom stereocenters. The van der Waals surface area contributed by atoms with Gasteiger partial charge in [0.25, 0.3) is 5.69 Å². The van der Waals surface area contributed by atoms with Crippen LogP contribution in [-0.2, 0) is 0 Å². The zero-order valence-electron chi connectivity index (χ0n) is 10.4. The fraction of sp³-hybridized carbons (Fsp3) is 0.0833. The number of carbonyl (C=O) groups is 1. The van der Waals surface area contributed by atoms with Gasteiger partial charge in [-0.15, -0.1) is 0 Å². The van der Waals surface area contributed by atoms with Crippen molar-refractivity contribution in [3.8, 4) is 0 Å². The summed E-state index contributed by atoms with van der Waals surface area (Å²) >= 11 is 0. The molecule has 2 N–H and O–H groups in total. The number of aromatic nitrogens is 2. The number of hydrogen-bond acceptors (Lipinski definition) is 6. The first-order valence-electron chi connectivity index (χ1n) is 5.55. The Labute approximate surface area is 113 Å². The predicted molar refractivity (Wildman–Crippen MR) is 70.1 cm³/mol. The summed E-state index contributed by atoms with van der Waals surface area (Å²) in [6.07, 6.45) is 2.45. The van der Waals surface area contributed by atoms with Crippen molar-refractivity contribution in [2.45, 2.75) is 6.92 Å². The summed E-state index contributed by atoms with van der Waals surface area (Å²) in [4.78, 5) is 28.7. The van der Waals surface area contributed by atoms with Crippen LogP contribution in [0.5, 0.6) is 0 Å². The fourth-order valence-corrected chi connectivity index (χ4v) is 1.56. The minimum absolute atomic E-state index is 0.0302. The number of aryl methyl sites for hydroxylation is 1. The SMILES string of the molecule is Cc1ccc(Nc2cncc(C(=O)O)n2)cc1[N+](=O)[O-]. The van der Waals surface area contributed by atoms with Gasteiger partial charge in [-0.25, -0.2) is 9.78 Å². The van der Waals surface area contributed by atoms with Gasteiger partial charge >= 0.3 is 5.97 Å². The van der Waals surface area contributed by atoms with Gasteiger partial charge in [-0.05, 0) is 13.0 Å². The Kier molecular flexibility index (Phi) is 3.56. The van der Waals surface area contributed by atoms with Crippen LogP contribution in [0.4, 0.5) is 17.2 Å². The van der Waals surface area contributed by atoms with Crippen LogP contribution in [0.1, 0.15) is 16.1 Å². The van der Waals surface area contributed by atoms with E-state index in [1.54, 1.807) is 19.1 Å². The Morgan fingerprint density at radius 3 is 2.80 bits per heavy atom. The second-order valence-electron chi connectivity index (χ2n) is 3.98. The van der Waals surface area contributed by atoms with Gasteiger partial charge in [0.15, 0.2) is 5.69 Å². The summed E-state index contributed by atoms with van der Waals surface area (Å²) in [5, 5.41) is 22.4. The minimum atomic E-state index is -1.20. The Morgan fingerprint density at radius 2 is 2.15 bits per heavy atom. The lowest BCUT2D eigenvalue weighted by Gasteiger charge is -2.06. The van der Waals surface area contributed by atoms with Crippen LogP contribution in [0.25, 0.3) is 0 Å². The Balaban J connectivity index is 2.30. The second kappa shape index (κ2) is 5.31. The van der Waals surface area contributed by atoms with E-state index in [1.165, 1.54) is 12.3 Å². The maximum Gasteiger partial charge on any atom is 0.356 e. The Bertz CT molecular complexity index is 687. The van der Waals surface area contributed by atoms with Gasteiger partial charge in [-0.2, -0.15) is 0 Å². The van der Waals surface area contributed by atoms with E-state index in [4.69, 9.17) is 5.11 Å². The summed E-state index contributed by atoms with van der Waals surface area (Å²) in [5.41, 5.74) is 0.721. The largest absolute Gasteiger partial charge is 0.476 e. The monoisotopic (exact) mass is 274 g/mol. The average molecular weight is 274 g/mol. The molecule has 8 nitrogen and oxygen atoms in total. The summed E-state index contributed by atoms with van der Waals surface area (Å²) in [5.74, 6) is -1.00.